The van der Waals surface area contributed by atoms with Crippen LogP contribution in [0.15, 0.2) is 17.5 Å². The van der Waals surface area contributed by atoms with Crippen LogP contribution in [0.3, 0.4) is 0 Å². The summed E-state index contributed by atoms with van der Waals surface area (Å²) in [6, 6.07) is -2.99. The monoisotopic (exact) mass is 1100 g/mol. The third-order valence-corrected chi connectivity index (χ3v) is 12.6. The first kappa shape index (κ1) is 67.9. The third kappa shape index (κ3) is 24.2. The molecule has 3 aliphatic rings. The van der Waals surface area contributed by atoms with Gasteiger partial charge < -0.3 is 34.1 Å². The van der Waals surface area contributed by atoms with Crippen LogP contribution < -0.4 is 62.0 Å². The minimum absolute atomic E-state index is 0. The number of hydrogen-bond acceptors (Lipinski definition) is 26. The number of aryl methyl sites for hydroxylation is 2. The number of azide groups is 1. The van der Waals surface area contributed by atoms with E-state index in [1.165, 1.54) is 55.7 Å². The normalized spacial score (nSPS) is 18.5. The number of ether oxygens (including phenoxy) is 4. The van der Waals surface area contributed by atoms with Gasteiger partial charge in [0.2, 0.25) is 11.8 Å². The molecule has 2 N–H and O–H groups in total. The second-order valence-electron chi connectivity index (χ2n) is 12.8. The molecule has 3 saturated heterocycles. The Balaban J connectivity index is 0. The van der Waals surface area contributed by atoms with Gasteiger partial charge in [0.05, 0.1) is 74.7 Å². The molecule has 3 aliphatic heterocycles. The molecule has 30 nitrogen and oxygen atoms in total. The third-order valence-electron chi connectivity index (χ3n) is 8.54. The van der Waals surface area contributed by atoms with Crippen molar-refractivity contribution in [3.05, 3.63) is 34.2 Å². The number of carbonyl (C=O) groups excluding carboxylic acids is 11. The summed E-state index contributed by atoms with van der Waals surface area (Å²) in [5.41, 5.74) is 9.69. The zero-order valence-corrected chi connectivity index (χ0v) is 45.4. The summed E-state index contributed by atoms with van der Waals surface area (Å²) in [6.07, 6.45) is 9.85. The number of methoxy groups -OCH3 is 3. The molecule has 0 unspecified atom stereocenters. The maximum absolute atomic E-state index is 12.0. The van der Waals surface area contributed by atoms with Crippen molar-refractivity contribution in [3.63, 3.8) is 0 Å². The summed E-state index contributed by atoms with van der Waals surface area (Å²) in [5.74, 6) is 0.726. The average Bonchev–Trinajstić information content (AvgIpc) is 4.00. The number of esters is 4. The molecule has 0 aliphatic carbocycles. The fraction of sp³-hybridized carbons (Fsp3) is 0.583. The quantitative estimate of drug-likeness (QED) is 0.0127. The Bertz CT molecular complexity index is 2340. The fourth-order valence-corrected chi connectivity index (χ4v) is 8.99. The molecule has 3 fully saturated rings. The van der Waals surface area contributed by atoms with Gasteiger partial charge in [-0.3, -0.25) is 28.8 Å². The number of carbonyl (C=O) groups is 7. The van der Waals surface area contributed by atoms with Crippen molar-refractivity contribution in [1.82, 2.24) is 44.9 Å². The second kappa shape index (κ2) is 37.6. The molecule has 0 aromatic carbocycles. The van der Waals surface area contributed by atoms with E-state index in [0.717, 1.165) is 23.9 Å². The molecule has 2 aromatic rings. The van der Waals surface area contributed by atoms with Crippen molar-refractivity contribution in [3.8, 4) is 12.3 Å². The van der Waals surface area contributed by atoms with E-state index in [4.69, 9.17) is 24.7 Å². The van der Waals surface area contributed by atoms with E-state index < -0.39 is 46.3 Å². The number of thioether (sulfide) groups is 3. The Morgan fingerprint density at radius 3 is 1.55 bits per heavy atom. The van der Waals surface area contributed by atoms with E-state index in [-0.39, 0.29) is 133 Å². The van der Waals surface area contributed by atoms with Gasteiger partial charge in [-0.1, -0.05) is 29.4 Å². The van der Waals surface area contributed by atoms with Crippen LogP contribution in [0, 0.1) is 12.3 Å². The number of terminal acetylenes is 1. The maximum Gasteiger partial charge on any atom is 1.00 e. The smallest absolute Gasteiger partial charge is 0.731 e. The molecule has 5 rings (SSSR count). The van der Waals surface area contributed by atoms with Crippen molar-refractivity contribution in [2.75, 3.05) is 62.5 Å². The summed E-state index contributed by atoms with van der Waals surface area (Å²) < 4.78 is 54.6. The molecule has 5 heterocycles. The van der Waals surface area contributed by atoms with Crippen molar-refractivity contribution in [2.45, 2.75) is 69.9 Å². The summed E-state index contributed by atoms with van der Waals surface area (Å²) in [6.45, 7) is 5.90. The Morgan fingerprint density at radius 2 is 1.21 bits per heavy atom. The van der Waals surface area contributed by atoms with Crippen molar-refractivity contribution in [1.29, 1.82) is 0 Å². The summed E-state index contributed by atoms with van der Waals surface area (Å²) in [5, 5.41) is 24.4. The van der Waals surface area contributed by atoms with Gasteiger partial charge in [0.25, 0.3) is 5.91 Å². The van der Waals surface area contributed by atoms with Crippen molar-refractivity contribution in [2.24, 2.45) is 5.11 Å². The maximum atomic E-state index is 12.0. The zero-order chi connectivity index (χ0) is 53.4. The fourth-order valence-electron chi connectivity index (χ4n) is 5.23. The van der Waals surface area contributed by atoms with Gasteiger partial charge in [-0.25, -0.2) is 26.9 Å². The average molecular weight is 1100 g/mol. The Morgan fingerprint density at radius 1 is 0.789 bits per heavy atom. The molecule has 0 bridgehead atoms. The number of hydrogen-bond donors (Lipinski definition) is 2. The first-order valence-electron chi connectivity index (χ1n) is 19.6. The van der Waals surface area contributed by atoms with Gasteiger partial charge in [0, 0.05) is 40.5 Å². The van der Waals surface area contributed by atoms with Crippen LogP contribution in [0.1, 0.15) is 44.2 Å². The molecule has 384 valence electrons. The summed E-state index contributed by atoms with van der Waals surface area (Å²) >= 11 is 3.83. The minimum atomic E-state index is -4.92. The van der Waals surface area contributed by atoms with Crippen molar-refractivity contribution < 1.29 is 136 Å². The predicted octanol–water partition coefficient (Wildman–Crippen LogP) is -5.17. The molecule has 0 radical (unpaired) electrons. The van der Waals surface area contributed by atoms with E-state index in [9.17, 15) is 46.5 Å². The molecule has 35 heteroatoms. The van der Waals surface area contributed by atoms with E-state index >= 15 is 0 Å². The van der Waals surface area contributed by atoms with Gasteiger partial charge in [-0.05, 0) is 25.3 Å². The first-order chi connectivity index (χ1) is 33.3. The van der Waals surface area contributed by atoms with E-state index in [0.29, 0.717) is 30.2 Å². The predicted molar refractivity (Wildman–Crippen MR) is 238 cm³/mol. The van der Waals surface area contributed by atoms with Crippen LogP contribution >= 0.6 is 35.3 Å². The Hall–Kier alpha value is -5.20. The zero-order valence-electron chi connectivity index (χ0n) is 39.0. The molecule has 6 atom stereocenters. The topological polar surface area (TPSA) is 419 Å². The van der Waals surface area contributed by atoms with Crippen LogP contribution in [-0.2, 0) is 94.8 Å². The number of rotatable bonds is 19. The first-order valence-corrected chi connectivity index (χ1v) is 24.4. The van der Waals surface area contributed by atoms with Crippen LogP contribution in [0.4, 0.5) is 0 Å². The number of aromatic nitrogens is 6. The summed E-state index contributed by atoms with van der Waals surface area (Å²) in [4.78, 5) is 112. The standard InChI is InChI=1S/C11H16N4O6S2.C11H16N4O3S.C7H10N4O3S.C5H6O2.2CO2.K/c1-3-7-4-14(13-12-7)10-8(5-22-6-9(16)21-2)15(11(10)17)23(18,19)20;1-3-7-4-15(14-13-7)10-8(12-11(10)17)5-19-6-9(16)18-2;1-14-5(12)3-15-2-4-6(10-11-8)7(13)9-4;1-3-5(6)7-4-2;2*2-1-3;/h4,8,10H,3,5-6H2,1-2H3,(H,18,19,20);4,8,10H,3,5-6H2,1-2H3,(H,12,17);4,6H,2-3H2,1H3,(H,9,13);1H,4H2,2H3;;;/q;;;;;;+1/p-1/t2*8-,10-;4-,6-;;;;/m000..../s1. The number of β-lactam (4-membered cyclic amide) rings is 3. The van der Waals surface area contributed by atoms with E-state index in [1.807, 2.05) is 13.8 Å². The van der Waals surface area contributed by atoms with Gasteiger partial charge in [0.15, 0.2) is 22.4 Å². The van der Waals surface area contributed by atoms with Gasteiger partial charge in [0.1, 0.15) is 6.04 Å². The van der Waals surface area contributed by atoms with E-state index in [1.54, 1.807) is 23.7 Å². The van der Waals surface area contributed by atoms with Crippen LogP contribution in [0.2, 0.25) is 0 Å². The molecule has 2 aromatic heterocycles. The Kier molecular flexibility index (Phi) is 35.9. The summed E-state index contributed by atoms with van der Waals surface area (Å²) in [7, 11) is -1.01. The number of nitrogens with zero attached hydrogens (tertiary/aromatic N) is 10. The van der Waals surface area contributed by atoms with Crippen LogP contribution in [0.5, 0.6) is 0 Å². The molecular weight excluding hydrogens is 1060 g/mol. The minimum Gasteiger partial charge on any atom is -0.731 e. The number of amides is 3. The number of nitrogens with one attached hydrogen (secondary N) is 2. The molecule has 0 saturated carbocycles. The van der Waals surface area contributed by atoms with Crippen LogP contribution in [0.25, 0.3) is 10.4 Å². The molecule has 71 heavy (non-hydrogen) atoms. The Labute approximate surface area is 460 Å². The molecule has 0 spiro atoms. The van der Waals surface area contributed by atoms with Gasteiger partial charge in [-0.2, -0.15) is 19.2 Å². The second-order valence-corrected chi connectivity index (χ2v) is 17.2. The van der Waals surface area contributed by atoms with Gasteiger partial charge in [-0.15, -0.1) is 51.9 Å². The van der Waals surface area contributed by atoms with Gasteiger partial charge >= 0.3 is 87.6 Å². The largest absolute Gasteiger partial charge is 1.00 e. The van der Waals surface area contributed by atoms with Crippen LogP contribution in [-0.4, -0.2) is 188 Å². The van der Waals surface area contributed by atoms with E-state index in [2.05, 4.69) is 66.7 Å². The molecule has 3 amide bonds. The SMILES string of the molecule is C#CC(=O)OCC.CCc1cn([C@@H]2C(=O)N(S(=O)(=O)[O-])[C@H]2CSCC(=O)OC)nn1.CCc1cn([C@@H]2C(=O)N[C@H]2CSCC(=O)OC)nn1.COC(=O)CSC[C@@H]1NC(=O)[C@H]1N=[N+]=[N-].O=C=O.O=C=O.[K+]. The molecular formula is C36H47KN12O18S4. The van der Waals surface area contributed by atoms with Crippen molar-refractivity contribution >= 4 is 99.5 Å².